The topological polar surface area (TPSA) is 58.6 Å². The third-order valence-electron chi connectivity index (χ3n) is 3.29. The second-order valence-electron chi connectivity index (χ2n) is 4.67. The highest BCUT2D eigenvalue weighted by Crippen LogP contribution is 2.34. The molecule has 1 N–H and O–H groups in total. The van der Waals surface area contributed by atoms with E-state index in [0.29, 0.717) is 18.2 Å². The number of carbonyl (C=O) groups is 2. The van der Waals surface area contributed by atoms with Gasteiger partial charge in [0.1, 0.15) is 12.4 Å². The molecule has 0 saturated carbocycles. The fraction of sp³-hybridized carbons (Fsp3) is 0.333. The van der Waals surface area contributed by atoms with Gasteiger partial charge in [-0.15, -0.1) is 0 Å². The molecule has 1 aromatic carbocycles. The quantitative estimate of drug-likeness (QED) is 0.846. The summed E-state index contributed by atoms with van der Waals surface area (Å²) in [6, 6.07) is 5.06. The molecule has 0 bridgehead atoms. The third-order valence-corrected chi connectivity index (χ3v) is 3.53. The largest absolute Gasteiger partial charge is 0.491 e. The Balaban J connectivity index is 2.00. The van der Waals surface area contributed by atoms with Gasteiger partial charge in [-0.05, 0) is 31.2 Å². The summed E-state index contributed by atoms with van der Waals surface area (Å²) in [6.45, 7) is 6.03. The number of amides is 2. The highest BCUT2D eigenvalue weighted by atomic mass is 35.5. The number of nitrogens with one attached hydrogen (secondary N) is 1. The molecule has 21 heavy (non-hydrogen) atoms. The molecule has 0 radical (unpaired) electrons. The van der Waals surface area contributed by atoms with Crippen LogP contribution in [0.3, 0.4) is 0 Å². The monoisotopic (exact) mass is 308 g/mol. The summed E-state index contributed by atoms with van der Waals surface area (Å²) in [5.41, 5.74) is 0.856. The fourth-order valence-electron chi connectivity index (χ4n) is 2.19. The third kappa shape index (κ3) is 3.55. The van der Waals surface area contributed by atoms with E-state index in [0.717, 1.165) is 11.3 Å². The first-order valence-corrected chi connectivity index (χ1v) is 7.06. The van der Waals surface area contributed by atoms with Gasteiger partial charge in [-0.2, -0.15) is 0 Å². The van der Waals surface area contributed by atoms with E-state index < -0.39 is 0 Å². The molecule has 1 aliphatic heterocycles. The molecule has 6 heteroatoms. The Hall–Kier alpha value is -2.01. The van der Waals surface area contributed by atoms with Gasteiger partial charge in [-0.3, -0.25) is 9.59 Å². The van der Waals surface area contributed by atoms with Crippen LogP contribution in [-0.2, 0) is 9.59 Å². The van der Waals surface area contributed by atoms with Gasteiger partial charge in [0.05, 0.1) is 12.6 Å². The van der Waals surface area contributed by atoms with E-state index in [1.165, 1.54) is 11.0 Å². The fourth-order valence-corrected chi connectivity index (χ4v) is 2.37. The van der Waals surface area contributed by atoms with Crippen LogP contribution in [0.25, 0.3) is 0 Å². The molecule has 0 aromatic heterocycles. The molecule has 2 amide bonds. The molecule has 0 spiro atoms. The van der Waals surface area contributed by atoms with Crippen LogP contribution in [0.2, 0.25) is 5.02 Å². The molecule has 1 aromatic rings. The molecule has 0 saturated heterocycles. The van der Waals surface area contributed by atoms with Gasteiger partial charge in [0, 0.05) is 17.1 Å². The van der Waals surface area contributed by atoms with E-state index in [2.05, 4.69) is 11.9 Å². The summed E-state index contributed by atoms with van der Waals surface area (Å²) in [6.07, 6.45) is 1.20. The first kappa shape index (κ1) is 15.4. The summed E-state index contributed by atoms with van der Waals surface area (Å²) in [5, 5.41) is 3.45. The normalized spacial score (nSPS) is 15.8. The minimum absolute atomic E-state index is 0.00620. The number of halogens is 1. The van der Waals surface area contributed by atoms with Crippen molar-refractivity contribution >= 4 is 23.4 Å². The Morgan fingerprint density at radius 1 is 1.57 bits per heavy atom. The summed E-state index contributed by atoms with van der Waals surface area (Å²) >= 11 is 5.96. The van der Waals surface area contributed by atoms with E-state index in [1.807, 2.05) is 6.92 Å². The summed E-state index contributed by atoms with van der Waals surface area (Å²) in [5.74, 6) is 0.214. The maximum absolute atomic E-state index is 12.1. The predicted octanol–water partition coefficient (Wildman–Crippen LogP) is 1.92. The average molecular weight is 309 g/mol. The lowest BCUT2D eigenvalue weighted by Gasteiger charge is -2.20. The first-order valence-electron chi connectivity index (χ1n) is 6.68. The van der Waals surface area contributed by atoms with Gasteiger partial charge in [-0.1, -0.05) is 18.2 Å². The molecule has 2 rings (SSSR count). The lowest BCUT2D eigenvalue weighted by Crippen LogP contribution is -2.41. The number of fused-ring (bicyclic) bond motifs is 1. The van der Waals surface area contributed by atoms with Gasteiger partial charge in [-0.25, -0.2) is 0 Å². The maximum atomic E-state index is 12.1. The maximum Gasteiger partial charge on any atom is 0.246 e. The number of hydrogen-bond donors (Lipinski definition) is 1. The van der Waals surface area contributed by atoms with Gasteiger partial charge in [0.15, 0.2) is 0 Å². The van der Waals surface area contributed by atoms with Crippen LogP contribution in [0.1, 0.15) is 18.5 Å². The molecule has 0 aliphatic carbocycles. The van der Waals surface area contributed by atoms with Crippen molar-refractivity contribution < 1.29 is 14.3 Å². The van der Waals surface area contributed by atoms with Crippen LogP contribution in [0.5, 0.6) is 5.75 Å². The van der Waals surface area contributed by atoms with Crippen molar-refractivity contribution in [1.82, 2.24) is 10.2 Å². The van der Waals surface area contributed by atoms with Crippen molar-refractivity contribution in [1.29, 1.82) is 0 Å². The van der Waals surface area contributed by atoms with Crippen LogP contribution >= 0.6 is 11.6 Å². The number of likely N-dealkylation sites (N-methyl/N-ethyl adjacent to an activating group) is 1. The van der Waals surface area contributed by atoms with E-state index in [1.54, 1.807) is 18.2 Å². The molecular formula is C15H17ClN2O3. The number of hydrogen-bond acceptors (Lipinski definition) is 3. The zero-order valence-corrected chi connectivity index (χ0v) is 12.5. The lowest BCUT2D eigenvalue weighted by molar-refractivity contribution is -0.132. The Morgan fingerprint density at radius 2 is 2.33 bits per heavy atom. The number of carbonyl (C=O) groups excluding carboxylic acids is 2. The summed E-state index contributed by atoms with van der Waals surface area (Å²) in [7, 11) is 0. The Bertz CT molecular complexity index is 574. The molecule has 5 nitrogen and oxygen atoms in total. The highest BCUT2D eigenvalue weighted by Gasteiger charge is 2.26. The van der Waals surface area contributed by atoms with Crippen LogP contribution < -0.4 is 10.1 Å². The van der Waals surface area contributed by atoms with Crippen molar-refractivity contribution in [3.05, 3.63) is 41.4 Å². The van der Waals surface area contributed by atoms with E-state index in [-0.39, 0.29) is 24.4 Å². The van der Waals surface area contributed by atoms with Crippen molar-refractivity contribution in [2.24, 2.45) is 0 Å². The zero-order valence-electron chi connectivity index (χ0n) is 11.8. The molecule has 1 atom stereocenters. The standard InChI is InChI=1S/C15H17ClN2O3/c1-3-15(20)18(4-2)8-14(19)17-12-9-21-13-6-5-10(16)7-11(12)13/h3,5-7,12H,1,4,8-9H2,2H3,(H,17,19). The molecule has 0 fully saturated rings. The van der Waals surface area contributed by atoms with Crippen molar-refractivity contribution in [2.45, 2.75) is 13.0 Å². The second-order valence-corrected chi connectivity index (χ2v) is 5.11. The highest BCUT2D eigenvalue weighted by molar-refractivity contribution is 6.30. The number of nitrogens with zero attached hydrogens (tertiary/aromatic N) is 1. The average Bonchev–Trinajstić information content (AvgIpc) is 2.86. The minimum atomic E-state index is -0.265. The van der Waals surface area contributed by atoms with E-state index in [4.69, 9.17) is 16.3 Å². The number of rotatable bonds is 5. The van der Waals surface area contributed by atoms with Gasteiger partial charge in [0.25, 0.3) is 0 Å². The molecular weight excluding hydrogens is 292 g/mol. The van der Waals surface area contributed by atoms with Crippen LogP contribution in [0.15, 0.2) is 30.9 Å². The molecule has 112 valence electrons. The second kappa shape index (κ2) is 6.63. The molecule has 1 unspecified atom stereocenters. The van der Waals surface area contributed by atoms with Crippen molar-refractivity contribution in [2.75, 3.05) is 19.7 Å². The Labute approximate surface area is 128 Å². The first-order chi connectivity index (χ1) is 10.0. The minimum Gasteiger partial charge on any atom is -0.491 e. The van der Waals surface area contributed by atoms with Crippen molar-refractivity contribution in [3.63, 3.8) is 0 Å². The molecule has 1 heterocycles. The number of benzene rings is 1. The van der Waals surface area contributed by atoms with Crippen molar-refractivity contribution in [3.8, 4) is 5.75 Å². The summed E-state index contributed by atoms with van der Waals surface area (Å²) < 4.78 is 5.50. The van der Waals surface area contributed by atoms with E-state index in [9.17, 15) is 9.59 Å². The van der Waals surface area contributed by atoms with Gasteiger partial charge >= 0.3 is 0 Å². The lowest BCUT2D eigenvalue weighted by atomic mass is 10.1. The molecule has 1 aliphatic rings. The summed E-state index contributed by atoms with van der Waals surface area (Å²) in [4.78, 5) is 25.0. The van der Waals surface area contributed by atoms with Crippen LogP contribution in [0, 0.1) is 0 Å². The van der Waals surface area contributed by atoms with Gasteiger partial charge in [0.2, 0.25) is 11.8 Å². The van der Waals surface area contributed by atoms with Gasteiger partial charge < -0.3 is 15.0 Å². The number of ether oxygens (including phenoxy) is 1. The smallest absolute Gasteiger partial charge is 0.246 e. The zero-order chi connectivity index (χ0) is 15.4. The van der Waals surface area contributed by atoms with E-state index >= 15 is 0 Å². The van der Waals surface area contributed by atoms with Crippen LogP contribution in [-0.4, -0.2) is 36.4 Å². The predicted molar refractivity (Wildman–Crippen MR) is 80.3 cm³/mol. The Kier molecular flexibility index (Phi) is 4.85. The SMILES string of the molecule is C=CC(=O)N(CC)CC(=O)NC1COc2ccc(Cl)cc21. The Morgan fingerprint density at radius 3 is 3.00 bits per heavy atom. The van der Waals surface area contributed by atoms with Crippen LogP contribution in [0.4, 0.5) is 0 Å².